The molecule has 0 bridgehead atoms. The Morgan fingerprint density at radius 2 is 1.96 bits per heavy atom. The largest absolute Gasteiger partial charge is 0.473 e. The molecule has 0 fully saturated rings. The van der Waals surface area contributed by atoms with Gasteiger partial charge in [-0.25, -0.2) is 14.0 Å². The number of hydrogen-bond acceptors (Lipinski definition) is 7. The van der Waals surface area contributed by atoms with Gasteiger partial charge in [-0.3, -0.25) is 0 Å². The highest BCUT2D eigenvalue weighted by Crippen LogP contribution is 2.22. The predicted molar refractivity (Wildman–Crippen MR) is 84.9 cm³/mol. The number of nitrogens with zero attached hydrogens (tertiary/aromatic N) is 2. The van der Waals surface area contributed by atoms with Gasteiger partial charge in [0, 0.05) is 0 Å². The molecule has 24 heavy (non-hydrogen) atoms. The highest BCUT2D eigenvalue weighted by Gasteiger charge is 2.16. The Kier molecular flexibility index (Phi) is 7.86. The number of carboxylic acid groups (broad SMARTS) is 2. The first-order valence-electron chi connectivity index (χ1n) is 6.66. The number of nitrogens with two attached hydrogens (primary N) is 1. The number of thioether (sulfide) groups is 1. The summed E-state index contributed by atoms with van der Waals surface area (Å²) >= 11 is 1.70. The van der Waals surface area contributed by atoms with Crippen molar-refractivity contribution in [2.45, 2.75) is 12.5 Å². The summed E-state index contributed by atoms with van der Waals surface area (Å²) in [5.41, 5.74) is 6.23. The van der Waals surface area contributed by atoms with E-state index in [1.807, 2.05) is 6.26 Å². The highest BCUT2D eigenvalue weighted by molar-refractivity contribution is 7.98. The highest BCUT2D eigenvalue weighted by atomic mass is 32.2. The Labute approximate surface area is 140 Å². The van der Waals surface area contributed by atoms with Crippen molar-refractivity contribution in [3.63, 3.8) is 0 Å². The van der Waals surface area contributed by atoms with E-state index in [0.29, 0.717) is 11.5 Å². The van der Waals surface area contributed by atoms with Gasteiger partial charge in [0.05, 0.1) is 11.6 Å². The Hall–Kier alpha value is -2.46. The molecule has 1 aromatic carbocycles. The minimum atomic E-state index is -1.82. The zero-order valence-corrected chi connectivity index (χ0v) is 13.5. The SMILES string of the molecule is CSCCC(N)c1nc(-c2ccccc2F)no1.O=C(O)C(=O)O. The molecule has 8 nitrogen and oxygen atoms in total. The van der Waals surface area contributed by atoms with Crippen molar-refractivity contribution in [2.24, 2.45) is 5.73 Å². The summed E-state index contributed by atoms with van der Waals surface area (Å²) in [7, 11) is 0. The summed E-state index contributed by atoms with van der Waals surface area (Å²) < 4.78 is 18.6. The molecular weight excluding hydrogens is 341 g/mol. The molecule has 1 heterocycles. The quantitative estimate of drug-likeness (QED) is 0.683. The van der Waals surface area contributed by atoms with Gasteiger partial charge in [-0.1, -0.05) is 17.3 Å². The second-order valence-corrected chi connectivity index (χ2v) is 5.42. The van der Waals surface area contributed by atoms with Crippen LogP contribution in [-0.4, -0.2) is 44.3 Å². The van der Waals surface area contributed by atoms with Crippen molar-refractivity contribution in [3.8, 4) is 11.4 Å². The van der Waals surface area contributed by atoms with Gasteiger partial charge in [0.1, 0.15) is 5.82 Å². The fraction of sp³-hybridized carbons (Fsp3) is 0.286. The van der Waals surface area contributed by atoms with E-state index in [-0.39, 0.29) is 17.7 Å². The maximum Gasteiger partial charge on any atom is 0.414 e. The third kappa shape index (κ3) is 5.97. The minimum absolute atomic E-state index is 0.239. The van der Waals surface area contributed by atoms with Crippen molar-refractivity contribution in [1.29, 1.82) is 0 Å². The Morgan fingerprint density at radius 3 is 2.50 bits per heavy atom. The molecule has 1 unspecified atom stereocenters. The molecule has 0 spiro atoms. The van der Waals surface area contributed by atoms with E-state index in [0.717, 1.165) is 12.2 Å². The minimum Gasteiger partial charge on any atom is -0.473 e. The molecule has 0 aliphatic rings. The van der Waals surface area contributed by atoms with Gasteiger partial charge in [-0.05, 0) is 30.6 Å². The molecule has 130 valence electrons. The lowest BCUT2D eigenvalue weighted by atomic mass is 10.2. The number of rotatable bonds is 5. The topological polar surface area (TPSA) is 140 Å². The van der Waals surface area contributed by atoms with Crippen LogP contribution in [0.15, 0.2) is 28.8 Å². The first-order valence-corrected chi connectivity index (χ1v) is 8.05. The van der Waals surface area contributed by atoms with Crippen LogP contribution in [-0.2, 0) is 9.59 Å². The Bertz CT molecular complexity index is 683. The number of hydrogen-bond donors (Lipinski definition) is 3. The lowest BCUT2D eigenvalue weighted by Gasteiger charge is -2.03. The first kappa shape index (κ1) is 19.6. The smallest absolute Gasteiger partial charge is 0.414 e. The third-order valence-corrected chi connectivity index (χ3v) is 3.33. The summed E-state index contributed by atoms with van der Waals surface area (Å²) in [5, 5.41) is 18.5. The van der Waals surface area contributed by atoms with Crippen molar-refractivity contribution in [2.75, 3.05) is 12.0 Å². The molecule has 0 amide bonds. The molecule has 1 atom stereocenters. The third-order valence-electron chi connectivity index (χ3n) is 2.69. The van der Waals surface area contributed by atoms with E-state index < -0.39 is 11.9 Å². The average Bonchev–Trinajstić information content (AvgIpc) is 3.03. The summed E-state index contributed by atoms with van der Waals surface area (Å²) in [4.78, 5) is 22.3. The van der Waals surface area contributed by atoms with Crippen molar-refractivity contribution in [3.05, 3.63) is 36.0 Å². The van der Waals surface area contributed by atoms with Gasteiger partial charge in [-0.2, -0.15) is 16.7 Å². The van der Waals surface area contributed by atoms with Crippen LogP contribution < -0.4 is 5.73 Å². The van der Waals surface area contributed by atoms with Crippen LogP contribution >= 0.6 is 11.8 Å². The zero-order chi connectivity index (χ0) is 18.1. The van der Waals surface area contributed by atoms with E-state index in [4.69, 9.17) is 30.1 Å². The maximum atomic E-state index is 13.5. The standard InChI is InChI=1S/C12H14FN3OS.C2H2O4/c1-18-7-6-10(14)12-15-11(16-17-12)8-4-2-3-5-9(8)13;3-1(4)2(5)6/h2-5,10H,6-7,14H2,1H3;(H,3,4)(H,5,6). The Morgan fingerprint density at radius 1 is 1.33 bits per heavy atom. The normalized spacial score (nSPS) is 11.3. The zero-order valence-electron chi connectivity index (χ0n) is 12.7. The second-order valence-electron chi connectivity index (χ2n) is 4.43. The molecular formula is C14H16FN3O5S. The van der Waals surface area contributed by atoms with Crippen LogP contribution in [0.25, 0.3) is 11.4 Å². The van der Waals surface area contributed by atoms with Crippen molar-refractivity contribution >= 4 is 23.7 Å². The fourth-order valence-corrected chi connectivity index (χ4v) is 2.00. The first-order chi connectivity index (χ1) is 11.4. The van der Waals surface area contributed by atoms with Gasteiger partial charge in [0.25, 0.3) is 0 Å². The van der Waals surface area contributed by atoms with Gasteiger partial charge in [0.2, 0.25) is 11.7 Å². The van der Waals surface area contributed by atoms with E-state index in [9.17, 15) is 4.39 Å². The van der Waals surface area contributed by atoms with Crippen molar-refractivity contribution < 1.29 is 28.7 Å². The summed E-state index contributed by atoms with van der Waals surface area (Å²) in [6.07, 6.45) is 2.76. The predicted octanol–water partition coefficient (Wildman–Crippen LogP) is 1.78. The molecule has 0 aliphatic carbocycles. The Balaban J connectivity index is 0.000000413. The number of benzene rings is 1. The van der Waals surface area contributed by atoms with E-state index in [2.05, 4.69) is 10.1 Å². The van der Waals surface area contributed by atoms with Crippen LogP contribution in [0, 0.1) is 5.82 Å². The molecule has 10 heteroatoms. The van der Waals surface area contributed by atoms with Crippen LogP contribution in [0.5, 0.6) is 0 Å². The van der Waals surface area contributed by atoms with Crippen LogP contribution in [0.1, 0.15) is 18.4 Å². The number of halogens is 1. The van der Waals surface area contributed by atoms with E-state index in [1.54, 1.807) is 30.0 Å². The molecule has 4 N–H and O–H groups in total. The van der Waals surface area contributed by atoms with Gasteiger partial charge >= 0.3 is 11.9 Å². The molecule has 0 aliphatic heterocycles. The summed E-state index contributed by atoms with van der Waals surface area (Å²) in [6.45, 7) is 0. The van der Waals surface area contributed by atoms with Gasteiger partial charge in [-0.15, -0.1) is 0 Å². The van der Waals surface area contributed by atoms with Crippen LogP contribution in [0.3, 0.4) is 0 Å². The van der Waals surface area contributed by atoms with Crippen molar-refractivity contribution in [1.82, 2.24) is 10.1 Å². The second kappa shape index (κ2) is 9.63. The molecule has 1 aromatic heterocycles. The molecule has 2 rings (SSSR count). The number of aromatic nitrogens is 2. The monoisotopic (exact) mass is 357 g/mol. The molecule has 0 saturated carbocycles. The number of aliphatic carboxylic acids is 2. The maximum absolute atomic E-state index is 13.5. The van der Waals surface area contributed by atoms with Crippen LogP contribution in [0.4, 0.5) is 4.39 Å². The molecule has 2 aromatic rings. The van der Waals surface area contributed by atoms with Gasteiger partial charge in [0.15, 0.2) is 0 Å². The summed E-state index contributed by atoms with van der Waals surface area (Å²) in [5.74, 6) is -2.52. The lowest BCUT2D eigenvalue weighted by molar-refractivity contribution is -0.159. The van der Waals surface area contributed by atoms with Gasteiger partial charge < -0.3 is 20.5 Å². The fourth-order valence-electron chi connectivity index (χ4n) is 1.51. The summed E-state index contributed by atoms with van der Waals surface area (Å²) in [6, 6.07) is 6.01. The average molecular weight is 357 g/mol. The lowest BCUT2D eigenvalue weighted by Crippen LogP contribution is -2.11. The molecule has 0 radical (unpaired) electrons. The van der Waals surface area contributed by atoms with E-state index in [1.165, 1.54) is 6.07 Å². The van der Waals surface area contributed by atoms with E-state index >= 15 is 0 Å². The number of carboxylic acids is 2. The number of carbonyl (C=O) groups is 2. The van der Waals surface area contributed by atoms with Crippen LogP contribution in [0.2, 0.25) is 0 Å². The molecule has 0 saturated heterocycles.